The third-order valence-corrected chi connectivity index (χ3v) is 10.9. The zero-order valence-electron chi connectivity index (χ0n) is 25.7. The van der Waals surface area contributed by atoms with Gasteiger partial charge in [0.15, 0.2) is 6.29 Å². The first kappa shape index (κ1) is 37.7. The van der Waals surface area contributed by atoms with Crippen LogP contribution in [0.25, 0.3) is 0 Å². The molecule has 3 aliphatic rings. The fourth-order valence-corrected chi connectivity index (χ4v) is 7.86. The van der Waals surface area contributed by atoms with Crippen molar-refractivity contribution in [1.82, 2.24) is 9.55 Å². The monoisotopic (exact) mass is 696 g/mol. The molecule has 3 saturated heterocycles. The van der Waals surface area contributed by atoms with E-state index in [2.05, 4.69) is 4.98 Å². The molecule has 16 nitrogen and oxygen atoms in total. The van der Waals surface area contributed by atoms with Crippen molar-refractivity contribution in [3.05, 3.63) is 32.6 Å². The van der Waals surface area contributed by atoms with Crippen LogP contribution in [-0.4, -0.2) is 143 Å². The number of nitrogens with two attached hydrogens (primary N) is 2. The van der Waals surface area contributed by atoms with Crippen molar-refractivity contribution in [2.45, 2.75) is 118 Å². The van der Waals surface area contributed by atoms with Gasteiger partial charge in [-0.2, -0.15) is 11.8 Å². The van der Waals surface area contributed by atoms with E-state index in [4.69, 9.17) is 30.4 Å². The highest BCUT2D eigenvalue weighted by atomic mass is 32.2. The summed E-state index contributed by atoms with van der Waals surface area (Å²) in [5, 5.41) is 61.9. The van der Waals surface area contributed by atoms with E-state index in [1.54, 1.807) is 18.7 Å². The predicted molar refractivity (Wildman–Crippen MR) is 169 cm³/mol. The molecule has 0 bridgehead atoms. The molecule has 0 spiro atoms. The van der Waals surface area contributed by atoms with Gasteiger partial charge in [-0.3, -0.25) is 14.3 Å². The Labute approximate surface area is 274 Å². The largest absolute Gasteiger partial charge is 0.390 e. The normalized spacial score (nSPS) is 38.3. The number of ether oxygens (including phenoxy) is 4. The van der Waals surface area contributed by atoms with Crippen LogP contribution in [0.1, 0.15) is 43.9 Å². The summed E-state index contributed by atoms with van der Waals surface area (Å²) in [6.45, 7) is 1.29. The van der Waals surface area contributed by atoms with E-state index in [-0.39, 0.29) is 19.6 Å². The molecular weight excluding hydrogens is 648 g/mol. The van der Waals surface area contributed by atoms with Crippen molar-refractivity contribution >= 4 is 23.5 Å². The molecule has 0 aliphatic carbocycles. The number of nitrogens with one attached hydrogen (secondary N) is 1. The Morgan fingerprint density at radius 2 is 1.61 bits per heavy atom. The van der Waals surface area contributed by atoms with Gasteiger partial charge in [0.1, 0.15) is 54.4 Å². The van der Waals surface area contributed by atoms with E-state index in [0.29, 0.717) is 17.1 Å². The van der Waals surface area contributed by atoms with Crippen LogP contribution in [0.2, 0.25) is 0 Å². The number of hydrogen-bond acceptors (Lipinski definition) is 16. The first-order valence-corrected chi connectivity index (χ1v) is 17.8. The molecule has 0 radical (unpaired) electrons. The minimum absolute atomic E-state index is 0.0689. The molecule has 0 saturated carbocycles. The van der Waals surface area contributed by atoms with Gasteiger partial charge >= 0.3 is 5.69 Å². The van der Waals surface area contributed by atoms with Gasteiger partial charge in [0.25, 0.3) is 5.56 Å². The van der Waals surface area contributed by atoms with Gasteiger partial charge in [0.05, 0.1) is 24.9 Å². The lowest BCUT2D eigenvalue weighted by Gasteiger charge is -2.43. The molecule has 264 valence electrons. The molecule has 1 aromatic heterocycles. The zero-order chi connectivity index (χ0) is 33.5. The number of hydrogen-bond donors (Lipinski definition) is 9. The molecule has 1 unspecified atom stereocenters. The minimum Gasteiger partial charge on any atom is -0.390 e. The van der Waals surface area contributed by atoms with Crippen LogP contribution in [0, 0.1) is 6.92 Å². The standard InChI is InChI=1S/C28H48N4O12S2/c1-13-10-32(28(40)31-25(13)39)18-8-14(33)17(42-18)12-45-6-4-2-3-5-7-46-27-24(38)23(37)21(35)16(44-27)11-41-26-19(30)22(36)20(34)15(9-29)43-26/h10,14-24,26-27,33-38H,2-9,11-12,29-30H2,1H3,(H,31,39,40)/t14-,15+,16+,17+,18+,19+,20+,21+,22+,23-,24+,26?,27-/m0/s1. The predicted octanol–water partition coefficient (Wildman–Crippen LogP) is -2.92. The topological polar surface area (TPSA) is 265 Å². The first-order valence-electron chi connectivity index (χ1n) is 15.6. The molecule has 11 N–H and O–H groups in total. The van der Waals surface area contributed by atoms with Gasteiger partial charge in [-0.15, -0.1) is 11.8 Å². The molecule has 0 amide bonds. The SMILES string of the molecule is Cc1cn([C@H]2C[C@H](O)[C@@H](CSCCCCCCS[C@@H]3O[C@H](COC4O[C@H](CN)[C@@H](O)[C@H](O)[C@H]4N)[C@@H](O)[C@H](O)[C@H]3O)O2)c(=O)[nH]c1=O. The summed E-state index contributed by atoms with van der Waals surface area (Å²) in [5.74, 6) is 2.10. The van der Waals surface area contributed by atoms with Crippen LogP contribution >= 0.6 is 23.5 Å². The van der Waals surface area contributed by atoms with Crippen molar-refractivity contribution in [2.24, 2.45) is 11.5 Å². The van der Waals surface area contributed by atoms with E-state index in [9.17, 15) is 40.2 Å². The number of aliphatic hydroxyl groups is 6. The smallest absolute Gasteiger partial charge is 0.330 e. The maximum Gasteiger partial charge on any atom is 0.330 e. The Balaban J connectivity index is 1.10. The molecule has 4 rings (SSSR count). The Morgan fingerprint density at radius 3 is 2.33 bits per heavy atom. The van der Waals surface area contributed by atoms with E-state index in [0.717, 1.165) is 31.4 Å². The van der Waals surface area contributed by atoms with Crippen molar-refractivity contribution in [3.8, 4) is 0 Å². The first-order chi connectivity index (χ1) is 21.9. The molecule has 13 atom stereocenters. The van der Waals surface area contributed by atoms with Crippen LogP contribution in [0.15, 0.2) is 15.8 Å². The van der Waals surface area contributed by atoms with Crippen molar-refractivity contribution in [3.63, 3.8) is 0 Å². The Hall–Kier alpha value is -1.10. The number of aromatic amines is 1. The number of aryl methyl sites for hydroxylation is 1. The second-order valence-corrected chi connectivity index (χ2v) is 14.3. The van der Waals surface area contributed by atoms with Gasteiger partial charge in [-0.1, -0.05) is 12.8 Å². The number of rotatable bonds is 15. The van der Waals surface area contributed by atoms with Crippen LogP contribution in [0.4, 0.5) is 0 Å². The maximum absolute atomic E-state index is 12.1. The third kappa shape index (κ3) is 9.32. The summed E-state index contributed by atoms with van der Waals surface area (Å²) < 4.78 is 24.3. The van der Waals surface area contributed by atoms with Crippen LogP contribution < -0.4 is 22.7 Å². The zero-order valence-corrected chi connectivity index (χ0v) is 27.3. The molecule has 4 heterocycles. The summed E-state index contributed by atoms with van der Waals surface area (Å²) in [5.41, 5.74) is 10.1. The van der Waals surface area contributed by atoms with Gasteiger partial charge in [-0.05, 0) is 31.3 Å². The molecule has 3 aliphatic heterocycles. The minimum atomic E-state index is -1.46. The lowest BCUT2D eigenvalue weighted by Crippen LogP contribution is -2.64. The van der Waals surface area contributed by atoms with Crippen LogP contribution in [0.5, 0.6) is 0 Å². The second-order valence-electron chi connectivity index (χ2n) is 12.0. The molecular formula is C28H48N4O12S2. The number of H-pyrrole nitrogens is 1. The average molecular weight is 697 g/mol. The lowest BCUT2D eigenvalue weighted by molar-refractivity contribution is -0.276. The van der Waals surface area contributed by atoms with Crippen LogP contribution in [-0.2, 0) is 18.9 Å². The Bertz CT molecular complexity index is 1210. The molecule has 1 aromatic rings. The van der Waals surface area contributed by atoms with E-state index >= 15 is 0 Å². The highest BCUT2D eigenvalue weighted by Gasteiger charge is 2.46. The molecule has 46 heavy (non-hydrogen) atoms. The molecule has 18 heteroatoms. The quantitative estimate of drug-likeness (QED) is 0.0832. The average Bonchev–Trinajstić information content (AvgIpc) is 3.40. The summed E-state index contributed by atoms with van der Waals surface area (Å²) in [6.07, 6.45) is -6.13. The number of unbranched alkanes of at least 4 members (excludes halogenated alkanes) is 3. The summed E-state index contributed by atoms with van der Waals surface area (Å²) in [4.78, 5) is 26.0. The lowest BCUT2D eigenvalue weighted by atomic mass is 9.97. The summed E-state index contributed by atoms with van der Waals surface area (Å²) in [6, 6.07) is -1.07. The van der Waals surface area contributed by atoms with Gasteiger partial charge in [0.2, 0.25) is 0 Å². The number of aliphatic hydroxyl groups excluding tert-OH is 6. The number of thioether (sulfide) groups is 2. The van der Waals surface area contributed by atoms with Crippen LogP contribution in [0.3, 0.4) is 0 Å². The highest BCUT2D eigenvalue weighted by molar-refractivity contribution is 7.99. The van der Waals surface area contributed by atoms with Gasteiger partial charge in [0, 0.05) is 30.5 Å². The number of aromatic nitrogens is 2. The van der Waals surface area contributed by atoms with Crippen molar-refractivity contribution in [2.75, 3.05) is 30.4 Å². The summed E-state index contributed by atoms with van der Waals surface area (Å²) >= 11 is 2.99. The van der Waals surface area contributed by atoms with Crippen molar-refractivity contribution < 1.29 is 49.6 Å². The van der Waals surface area contributed by atoms with Gasteiger partial charge in [-0.25, -0.2) is 4.79 Å². The van der Waals surface area contributed by atoms with E-state index in [1.807, 2.05) is 0 Å². The third-order valence-electron chi connectivity index (χ3n) is 8.48. The second kappa shape index (κ2) is 17.5. The molecule has 0 aromatic carbocycles. The maximum atomic E-state index is 12.1. The number of nitrogens with zero attached hydrogens (tertiary/aromatic N) is 1. The van der Waals surface area contributed by atoms with Crippen molar-refractivity contribution in [1.29, 1.82) is 0 Å². The molecule has 3 fully saturated rings. The van der Waals surface area contributed by atoms with E-state index < -0.39 is 90.2 Å². The fourth-order valence-electron chi connectivity index (χ4n) is 5.57. The van der Waals surface area contributed by atoms with Gasteiger partial charge < -0.3 is 61.1 Å². The van der Waals surface area contributed by atoms with E-state index in [1.165, 1.54) is 22.5 Å². The Kier molecular flexibility index (Phi) is 14.4. The summed E-state index contributed by atoms with van der Waals surface area (Å²) in [7, 11) is 0. The fraction of sp³-hybridized carbons (Fsp3) is 0.857. The highest BCUT2D eigenvalue weighted by Crippen LogP contribution is 2.32. The Morgan fingerprint density at radius 1 is 0.913 bits per heavy atom.